The SMILES string of the molecule is CCOC(C(C)C)C(NN)C1CCCCCC1. The summed E-state index contributed by atoms with van der Waals surface area (Å²) >= 11 is 0. The summed E-state index contributed by atoms with van der Waals surface area (Å²) in [5.41, 5.74) is 3.04. The smallest absolute Gasteiger partial charge is 0.0766 e. The van der Waals surface area contributed by atoms with E-state index in [1.807, 2.05) is 0 Å². The molecule has 0 aromatic carbocycles. The van der Waals surface area contributed by atoms with E-state index in [4.69, 9.17) is 10.6 Å². The van der Waals surface area contributed by atoms with Gasteiger partial charge in [0.15, 0.2) is 0 Å². The van der Waals surface area contributed by atoms with Crippen LogP contribution in [0.4, 0.5) is 0 Å². The molecule has 0 heterocycles. The molecule has 102 valence electrons. The average molecular weight is 242 g/mol. The highest BCUT2D eigenvalue weighted by molar-refractivity contribution is 4.85. The Morgan fingerprint density at radius 3 is 2.18 bits per heavy atom. The number of nitrogens with one attached hydrogen (secondary N) is 1. The van der Waals surface area contributed by atoms with Crippen molar-refractivity contribution >= 4 is 0 Å². The minimum absolute atomic E-state index is 0.244. The van der Waals surface area contributed by atoms with Gasteiger partial charge in [-0.15, -0.1) is 0 Å². The lowest BCUT2D eigenvalue weighted by atomic mass is 9.85. The van der Waals surface area contributed by atoms with Crippen LogP contribution in [-0.4, -0.2) is 18.8 Å². The van der Waals surface area contributed by atoms with Crippen molar-refractivity contribution in [2.45, 2.75) is 71.4 Å². The first-order valence-electron chi connectivity index (χ1n) is 7.28. The predicted octanol–water partition coefficient (Wildman–Crippen LogP) is 2.85. The standard InChI is InChI=1S/C14H30N2O/c1-4-17-14(11(2)3)13(16-15)12-9-7-5-6-8-10-12/h11-14,16H,4-10,15H2,1-3H3. The Morgan fingerprint density at radius 1 is 1.18 bits per heavy atom. The second-order valence-corrected chi connectivity index (χ2v) is 5.61. The molecule has 0 aromatic heterocycles. The third-order valence-electron chi connectivity index (χ3n) is 3.97. The minimum Gasteiger partial charge on any atom is -0.377 e. The van der Waals surface area contributed by atoms with E-state index < -0.39 is 0 Å². The molecule has 0 aromatic rings. The van der Waals surface area contributed by atoms with E-state index in [9.17, 15) is 0 Å². The maximum atomic E-state index is 5.91. The summed E-state index contributed by atoms with van der Waals surface area (Å²) in [5.74, 6) is 6.99. The third-order valence-corrected chi connectivity index (χ3v) is 3.97. The zero-order valence-electron chi connectivity index (χ0n) is 11.7. The summed E-state index contributed by atoms with van der Waals surface area (Å²) in [6, 6.07) is 0.313. The molecule has 0 saturated heterocycles. The lowest BCUT2D eigenvalue weighted by molar-refractivity contribution is -0.0140. The second-order valence-electron chi connectivity index (χ2n) is 5.61. The summed E-state index contributed by atoms with van der Waals surface area (Å²) in [6.07, 6.45) is 8.30. The molecule has 1 saturated carbocycles. The van der Waals surface area contributed by atoms with Crippen molar-refractivity contribution in [3.63, 3.8) is 0 Å². The van der Waals surface area contributed by atoms with E-state index in [2.05, 4.69) is 26.2 Å². The van der Waals surface area contributed by atoms with Crippen LogP contribution in [0.2, 0.25) is 0 Å². The van der Waals surface area contributed by atoms with E-state index in [-0.39, 0.29) is 6.10 Å². The monoisotopic (exact) mass is 242 g/mol. The van der Waals surface area contributed by atoms with Gasteiger partial charge in [-0.05, 0) is 31.6 Å². The van der Waals surface area contributed by atoms with Gasteiger partial charge < -0.3 is 4.74 Å². The van der Waals surface area contributed by atoms with Gasteiger partial charge in [-0.2, -0.15) is 0 Å². The van der Waals surface area contributed by atoms with E-state index in [1.165, 1.54) is 38.5 Å². The zero-order chi connectivity index (χ0) is 12.7. The van der Waals surface area contributed by atoms with Gasteiger partial charge >= 0.3 is 0 Å². The van der Waals surface area contributed by atoms with Crippen LogP contribution in [0.3, 0.4) is 0 Å². The highest BCUT2D eigenvalue weighted by atomic mass is 16.5. The number of nitrogens with two attached hydrogens (primary N) is 1. The van der Waals surface area contributed by atoms with Gasteiger partial charge in [-0.25, -0.2) is 0 Å². The van der Waals surface area contributed by atoms with Gasteiger partial charge in [0.25, 0.3) is 0 Å². The van der Waals surface area contributed by atoms with Gasteiger partial charge in [0, 0.05) is 6.61 Å². The largest absolute Gasteiger partial charge is 0.377 e. The van der Waals surface area contributed by atoms with E-state index in [0.717, 1.165) is 6.61 Å². The molecule has 1 fully saturated rings. The Hall–Kier alpha value is -0.120. The molecule has 3 N–H and O–H groups in total. The van der Waals surface area contributed by atoms with Crippen molar-refractivity contribution in [1.29, 1.82) is 0 Å². The van der Waals surface area contributed by atoms with Crippen molar-refractivity contribution in [3.8, 4) is 0 Å². The highest BCUT2D eigenvalue weighted by Gasteiger charge is 2.31. The number of hydrogen-bond acceptors (Lipinski definition) is 3. The van der Waals surface area contributed by atoms with Crippen LogP contribution in [-0.2, 0) is 4.74 Å². The Balaban J connectivity index is 2.64. The summed E-state index contributed by atoms with van der Waals surface area (Å²) in [6.45, 7) is 7.28. The van der Waals surface area contributed by atoms with Gasteiger partial charge in [-0.3, -0.25) is 11.3 Å². The summed E-state index contributed by atoms with van der Waals surface area (Å²) in [4.78, 5) is 0. The zero-order valence-corrected chi connectivity index (χ0v) is 11.7. The maximum Gasteiger partial charge on any atom is 0.0766 e. The average Bonchev–Trinajstić information content (AvgIpc) is 2.57. The predicted molar refractivity (Wildman–Crippen MR) is 72.6 cm³/mol. The van der Waals surface area contributed by atoms with Crippen LogP contribution in [0.15, 0.2) is 0 Å². The molecule has 2 atom stereocenters. The fraction of sp³-hybridized carbons (Fsp3) is 1.00. The van der Waals surface area contributed by atoms with Crippen molar-refractivity contribution in [1.82, 2.24) is 5.43 Å². The molecule has 3 heteroatoms. The number of hydrazine groups is 1. The quantitative estimate of drug-likeness (QED) is 0.428. The first kappa shape index (κ1) is 14.9. The third kappa shape index (κ3) is 4.57. The first-order chi connectivity index (χ1) is 8.20. The molecule has 3 nitrogen and oxygen atoms in total. The molecule has 0 spiro atoms. The minimum atomic E-state index is 0.244. The van der Waals surface area contributed by atoms with Crippen molar-refractivity contribution < 1.29 is 4.74 Å². The molecule has 0 aliphatic heterocycles. The van der Waals surface area contributed by atoms with Crippen molar-refractivity contribution in [2.75, 3.05) is 6.61 Å². The summed E-state index contributed by atoms with van der Waals surface area (Å²) in [7, 11) is 0. The lowest BCUT2D eigenvalue weighted by Crippen LogP contribution is -2.51. The van der Waals surface area contributed by atoms with Crippen LogP contribution in [0.1, 0.15) is 59.3 Å². The second kappa shape index (κ2) is 8.06. The van der Waals surface area contributed by atoms with E-state index in [0.29, 0.717) is 17.9 Å². The Labute approximate surface area is 106 Å². The molecular weight excluding hydrogens is 212 g/mol. The maximum absolute atomic E-state index is 5.91. The van der Waals surface area contributed by atoms with Crippen molar-refractivity contribution in [3.05, 3.63) is 0 Å². The molecular formula is C14H30N2O. The normalized spacial score (nSPS) is 22.4. The highest BCUT2D eigenvalue weighted by Crippen LogP contribution is 2.29. The van der Waals surface area contributed by atoms with Crippen LogP contribution in [0.5, 0.6) is 0 Å². The van der Waals surface area contributed by atoms with Gasteiger partial charge in [0.1, 0.15) is 0 Å². The topological polar surface area (TPSA) is 47.3 Å². The summed E-state index contributed by atoms with van der Waals surface area (Å²) in [5, 5.41) is 0. The molecule has 1 aliphatic rings. The number of rotatable bonds is 6. The van der Waals surface area contributed by atoms with Crippen LogP contribution in [0, 0.1) is 11.8 Å². The first-order valence-corrected chi connectivity index (χ1v) is 7.28. The fourth-order valence-electron chi connectivity index (χ4n) is 3.07. The van der Waals surface area contributed by atoms with Gasteiger partial charge in [-0.1, -0.05) is 39.5 Å². The molecule has 0 radical (unpaired) electrons. The van der Waals surface area contributed by atoms with Crippen LogP contribution in [0.25, 0.3) is 0 Å². The molecule has 2 unspecified atom stereocenters. The Kier molecular flexibility index (Phi) is 7.09. The molecule has 0 amide bonds. The van der Waals surface area contributed by atoms with E-state index >= 15 is 0 Å². The molecule has 17 heavy (non-hydrogen) atoms. The van der Waals surface area contributed by atoms with Crippen LogP contribution < -0.4 is 11.3 Å². The number of ether oxygens (including phenoxy) is 1. The van der Waals surface area contributed by atoms with Gasteiger partial charge in [0.2, 0.25) is 0 Å². The molecule has 1 aliphatic carbocycles. The molecule has 1 rings (SSSR count). The van der Waals surface area contributed by atoms with Crippen molar-refractivity contribution in [2.24, 2.45) is 17.7 Å². The lowest BCUT2D eigenvalue weighted by Gasteiger charge is -2.35. The Bertz CT molecular complexity index is 189. The number of hydrogen-bond donors (Lipinski definition) is 2. The van der Waals surface area contributed by atoms with Crippen LogP contribution >= 0.6 is 0 Å². The molecule has 0 bridgehead atoms. The van der Waals surface area contributed by atoms with Gasteiger partial charge in [0.05, 0.1) is 12.1 Å². The Morgan fingerprint density at radius 2 is 1.76 bits per heavy atom. The summed E-state index contributed by atoms with van der Waals surface area (Å²) < 4.78 is 5.91. The van der Waals surface area contributed by atoms with E-state index in [1.54, 1.807) is 0 Å². The fourth-order valence-corrected chi connectivity index (χ4v) is 3.07.